The summed E-state index contributed by atoms with van der Waals surface area (Å²) in [4.78, 5) is 11.4. The lowest BCUT2D eigenvalue weighted by Crippen LogP contribution is -2.44. The van der Waals surface area contributed by atoms with E-state index in [9.17, 15) is 4.79 Å². The highest BCUT2D eigenvalue weighted by atomic mass is 16.1. The van der Waals surface area contributed by atoms with Crippen LogP contribution >= 0.6 is 0 Å². The molecular weight excluding hydrogens is 150 g/mol. The van der Waals surface area contributed by atoms with Gasteiger partial charge in [-0.25, -0.2) is 0 Å². The van der Waals surface area contributed by atoms with Gasteiger partial charge in [0.15, 0.2) is 5.78 Å². The molecule has 0 aromatic rings. The number of carbonyl (C=O) groups is 1. The summed E-state index contributed by atoms with van der Waals surface area (Å²) in [6, 6.07) is 0. The highest BCUT2D eigenvalue weighted by Gasteiger charge is 2.25. The quantitative estimate of drug-likeness (QED) is 0.644. The Labute approximate surface area is 74.5 Å². The van der Waals surface area contributed by atoms with E-state index in [0.29, 0.717) is 0 Å². The van der Waals surface area contributed by atoms with E-state index in [0.717, 1.165) is 12.8 Å². The molecule has 0 fully saturated rings. The maximum absolute atomic E-state index is 11.4. The zero-order chi connectivity index (χ0) is 9.61. The summed E-state index contributed by atoms with van der Waals surface area (Å²) in [6.07, 6.45) is 1.94. The van der Waals surface area contributed by atoms with Crippen molar-refractivity contribution in [1.29, 1.82) is 0 Å². The molecule has 0 spiro atoms. The van der Waals surface area contributed by atoms with Crippen LogP contribution < -0.4 is 5.73 Å². The number of ketones is 1. The van der Waals surface area contributed by atoms with Gasteiger partial charge in [0, 0.05) is 0 Å². The van der Waals surface area contributed by atoms with Crippen LogP contribution in [0.2, 0.25) is 0 Å². The van der Waals surface area contributed by atoms with Crippen LogP contribution in [-0.4, -0.2) is 11.3 Å². The van der Waals surface area contributed by atoms with Crippen LogP contribution in [0.25, 0.3) is 0 Å². The van der Waals surface area contributed by atoms with Gasteiger partial charge < -0.3 is 5.73 Å². The first kappa shape index (κ1) is 11.2. The van der Waals surface area contributed by atoms with Crippen molar-refractivity contribution >= 4 is 5.78 Å². The third-order valence-electron chi connectivity index (χ3n) is 1.83. The Morgan fingerprint density at radius 1 is 1.58 bits per heavy atom. The monoisotopic (exact) mass is 167 g/mol. The first-order valence-electron chi connectivity index (χ1n) is 4.26. The third-order valence-corrected chi connectivity index (χ3v) is 1.83. The molecule has 0 amide bonds. The van der Waals surface area contributed by atoms with Gasteiger partial charge in [-0.3, -0.25) is 4.79 Å². The molecule has 0 saturated carbocycles. The van der Waals surface area contributed by atoms with Gasteiger partial charge in [0.1, 0.15) is 0 Å². The fraction of sp³-hybridized carbons (Fsp3) is 0.700. The van der Waals surface area contributed by atoms with Gasteiger partial charge in [0.2, 0.25) is 0 Å². The highest BCUT2D eigenvalue weighted by molar-refractivity contribution is 5.89. The molecule has 1 unspecified atom stereocenters. The van der Waals surface area contributed by atoms with Crippen LogP contribution in [-0.2, 0) is 4.79 Å². The van der Waals surface area contributed by atoms with Gasteiger partial charge in [-0.05, 0) is 20.3 Å². The molecule has 2 N–H and O–H groups in total. The van der Waals surface area contributed by atoms with Crippen LogP contribution in [0.15, 0.2) is 0 Å². The largest absolute Gasteiger partial charge is 0.319 e. The molecule has 0 bridgehead atoms. The van der Waals surface area contributed by atoms with E-state index in [1.807, 2.05) is 6.92 Å². The molecular formula is C10H17NO. The fourth-order valence-corrected chi connectivity index (χ4v) is 1.03. The lowest BCUT2D eigenvalue weighted by molar-refractivity contribution is -0.122. The second kappa shape index (κ2) is 4.95. The van der Waals surface area contributed by atoms with Crippen LogP contribution in [0.4, 0.5) is 0 Å². The second-order valence-electron chi connectivity index (χ2n) is 3.19. The first-order valence-corrected chi connectivity index (χ1v) is 4.26. The van der Waals surface area contributed by atoms with Crippen molar-refractivity contribution in [1.82, 2.24) is 0 Å². The van der Waals surface area contributed by atoms with E-state index in [2.05, 4.69) is 11.8 Å². The number of nitrogens with two attached hydrogens (primary N) is 1. The van der Waals surface area contributed by atoms with Crippen LogP contribution in [0, 0.1) is 11.8 Å². The summed E-state index contributed by atoms with van der Waals surface area (Å²) in [5.41, 5.74) is 5.11. The standard InChI is InChI=1S/C10H17NO/c1-4-6-7-9(12)10(3,11)8-5-2/h5,7-8,11H2,1-3H3. The molecule has 12 heavy (non-hydrogen) atoms. The van der Waals surface area contributed by atoms with Gasteiger partial charge >= 0.3 is 0 Å². The van der Waals surface area contributed by atoms with Crippen molar-refractivity contribution in [2.24, 2.45) is 5.73 Å². The van der Waals surface area contributed by atoms with Crippen LogP contribution in [0.5, 0.6) is 0 Å². The average molecular weight is 167 g/mol. The van der Waals surface area contributed by atoms with Crippen LogP contribution in [0.1, 0.15) is 40.0 Å². The summed E-state index contributed by atoms with van der Waals surface area (Å²) >= 11 is 0. The van der Waals surface area contributed by atoms with E-state index in [4.69, 9.17) is 5.73 Å². The highest BCUT2D eigenvalue weighted by Crippen LogP contribution is 2.11. The molecule has 0 aliphatic rings. The zero-order valence-electron chi connectivity index (χ0n) is 8.11. The van der Waals surface area contributed by atoms with Crippen molar-refractivity contribution in [3.05, 3.63) is 0 Å². The van der Waals surface area contributed by atoms with Crippen molar-refractivity contribution in [2.75, 3.05) is 0 Å². The number of Topliss-reactive ketones (excluding diaryl/α,β-unsaturated/α-hetero) is 1. The predicted octanol–water partition coefficient (Wildman–Crippen LogP) is 1.49. The summed E-state index contributed by atoms with van der Waals surface area (Å²) < 4.78 is 0. The Bertz CT molecular complexity index is 208. The van der Waals surface area contributed by atoms with Gasteiger partial charge in [-0.1, -0.05) is 19.3 Å². The molecule has 0 aromatic heterocycles. The third kappa shape index (κ3) is 3.54. The summed E-state index contributed by atoms with van der Waals surface area (Å²) in [7, 11) is 0. The second-order valence-corrected chi connectivity index (χ2v) is 3.19. The van der Waals surface area contributed by atoms with Gasteiger partial charge in [-0.15, -0.1) is 5.92 Å². The van der Waals surface area contributed by atoms with Crippen molar-refractivity contribution in [3.63, 3.8) is 0 Å². The van der Waals surface area contributed by atoms with E-state index in [1.165, 1.54) is 0 Å². The topological polar surface area (TPSA) is 43.1 Å². The normalized spacial score (nSPS) is 14.3. The van der Waals surface area contributed by atoms with Crippen molar-refractivity contribution < 1.29 is 4.79 Å². The SMILES string of the molecule is CC#CCC(=O)C(C)(N)CCC. The van der Waals surface area contributed by atoms with E-state index in [-0.39, 0.29) is 12.2 Å². The van der Waals surface area contributed by atoms with Crippen molar-refractivity contribution in [2.45, 2.75) is 45.6 Å². The molecule has 0 aromatic carbocycles. The molecule has 68 valence electrons. The lowest BCUT2D eigenvalue weighted by Gasteiger charge is -2.20. The number of hydrogen-bond donors (Lipinski definition) is 1. The smallest absolute Gasteiger partial charge is 0.164 e. The minimum absolute atomic E-state index is 0.0405. The molecule has 2 heteroatoms. The van der Waals surface area contributed by atoms with Crippen molar-refractivity contribution in [3.8, 4) is 11.8 Å². The number of rotatable bonds is 4. The van der Waals surface area contributed by atoms with Gasteiger partial charge in [0.05, 0.1) is 12.0 Å². The first-order chi connectivity index (χ1) is 5.54. The predicted molar refractivity (Wildman–Crippen MR) is 50.6 cm³/mol. The molecule has 0 rings (SSSR count). The van der Waals surface area contributed by atoms with Gasteiger partial charge in [0.25, 0.3) is 0 Å². The Hall–Kier alpha value is -0.810. The maximum atomic E-state index is 11.4. The van der Waals surface area contributed by atoms with Crippen LogP contribution in [0.3, 0.4) is 0 Å². The average Bonchev–Trinajstić information content (AvgIpc) is 2.00. The minimum atomic E-state index is -0.682. The molecule has 1 atom stereocenters. The molecule has 2 nitrogen and oxygen atoms in total. The Morgan fingerprint density at radius 2 is 2.17 bits per heavy atom. The molecule has 0 aliphatic heterocycles. The molecule has 0 heterocycles. The molecule has 0 radical (unpaired) electrons. The molecule has 0 aliphatic carbocycles. The fourth-order valence-electron chi connectivity index (χ4n) is 1.03. The number of carbonyl (C=O) groups excluding carboxylic acids is 1. The maximum Gasteiger partial charge on any atom is 0.164 e. The van der Waals surface area contributed by atoms with Gasteiger partial charge in [-0.2, -0.15) is 0 Å². The van der Waals surface area contributed by atoms with E-state index < -0.39 is 5.54 Å². The molecule has 0 saturated heterocycles. The van der Waals surface area contributed by atoms with E-state index >= 15 is 0 Å². The minimum Gasteiger partial charge on any atom is -0.319 e. The summed E-state index contributed by atoms with van der Waals surface area (Å²) in [5, 5.41) is 0. The summed E-state index contributed by atoms with van der Waals surface area (Å²) in [5.74, 6) is 5.46. The lowest BCUT2D eigenvalue weighted by atomic mass is 9.91. The zero-order valence-corrected chi connectivity index (χ0v) is 8.11. The Kier molecular flexibility index (Phi) is 4.61. The Morgan fingerprint density at radius 3 is 2.58 bits per heavy atom. The Balaban J connectivity index is 4.11. The summed E-state index contributed by atoms with van der Waals surface area (Å²) in [6.45, 7) is 5.51. The van der Waals surface area contributed by atoms with E-state index in [1.54, 1.807) is 13.8 Å². The number of hydrogen-bond acceptors (Lipinski definition) is 2.